The maximum absolute atomic E-state index is 12.1. The van der Waals surface area contributed by atoms with Crippen molar-refractivity contribution in [2.24, 2.45) is 0 Å². The Kier molecular flexibility index (Phi) is 4.11. The molecule has 3 rings (SSSR count). The summed E-state index contributed by atoms with van der Waals surface area (Å²) in [6.07, 6.45) is 2.97. The molecule has 0 radical (unpaired) electrons. The number of hydrogen-bond acceptors (Lipinski definition) is 5. The fourth-order valence-corrected chi connectivity index (χ4v) is 2.46. The molecule has 1 fully saturated rings. The van der Waals surface area contributed by atoms with E-state index >= 15 is 0 Å². The van der Waals surface area contributed by atoms with E-state index in [9.17, 15) is 9.59 Å². The number of ketones is 1. The summed E-state index contributed by atoms with van der Waals surface area (Å²) < 4.78 is 4.98. The Morgan fingerprint density at radius 3 is 2.50 bits per heavy atom. The number of hydrogen-bond donors (Lipinski definition) is 0. The molecule has 114 valence electrons. The molecule has 3 heterocycles. The van der Waals surface area contributed by atoms with Crippen molar-refractivity contribution in [2.45, 2.75) is 0 Å². The number of anilines is 1. The van der Waals surface area contributed by atoms with Crippen LogP contribution in [-0.4, -0.2) is 47.8 Å². The van der Waals surface area contributed by atoms with Gasteiger partial charge in [0.25, 0.3) is 11.7 Å². The molecule has 2 aromatic rings. The van der Waals surface area contributed by atoms with Crippen molar-refractivity contribution in [1.82, 2.24) is 9.88 Å². The van der Waals surface area contributed by atoms with Crippen molar-refractivity contribution < 1.29 is 14.0 Å². The standard InChI is InChI=1S/C15H14ClN3O3/c16-11-3-4-13(17-10-11)18-5-7-19(8-6-18)15(21)14(20)12-2-1-9-22-12/h1-4,9-10H,5-8H2. The average molecular weight is 320 g/mol. The van der Waals surface area contributed by atoms with Crippen molar-refractivity contribution in [3.63, 3.8) is 0 Å². The molecule has 1 aliphatic rings. The van der Waals surface area contributed by atoms with Gasteiger partial charge in [-0.25, -0.2) is 4.98 Å². The van der Waals surface area contributed by atoms with Gasteiger partial charge in [0, 0.05) is 32.4 Å². The van der Waals surface area contributed by atoms with Gasteiger partial charge in [0.2, 0.25) is 0 Å². The zero-order valence-electron chi connectivity index (χ0n) is 11.7. The second kappa shape index (κ2) is 6.19. The summed E-state index contributed by atoms with van der Waals surface area (Å²) in [4.78, 5) is 32.0. The molecule has 0 aromatic carbocycles. The molecule has 6 nitrogen and oxygen atoms in total. The van der Waals surface area contributed by atoms with Gasteiger partial charge in [0.05, 0.1) is 11.3 Å². The van der Waals surface area contributed by atoms with Crippen molar-refractivity contribution >= 4 is 29.1 Å². The molecule has 0 saturated carbocycles. The zero-order valence-corrected chi connectivity index (χ0v) is 12.5. The van der Waals surface area contributed by atoms with Crippen molar-refractivity contribution in [3.05, 3.63) is 47.5 Å². The summed E-state index contributed by atoms with van der Waals surface area (Å²) >= 11 is 5.82. The van der Waals surface area contributed by atoms with E-state index in [0.717, 1.165) is 5.82 Å². The molecule has 1 amide bonds. The Morgan fingerprint density at radius 2 is 1.91 bits per heavy atom. The van der Waals surface area contributed by atoms with Gasteiger partial charge in [0.1, 0.15) is 5.82 Å². The molecule has 0 N–H and O–H groups in total. The SMILES string of the molecule is O=C(C(=O)N1CCN(c2ccc(Cl)cn2)CC1)c1ccco1. The van der Waals surface area contributed by atoms with Crippen LogP contribution in [0.1, 0.15) is 10.6 Å². The molecule has 0 aliphatic carbocycles. The van der Waals surface area contributed by atoms with Gasteiger partial charge in [-0.2, -0.15) is 0 Å². The van der Waals surface area contributed by atoms with E-state index < -0.39 is 11.7 Å². The van der Waals surface area contributed by atoms with E-state index in [4.69, 9.17) is 16.0 Å². The van der Waals surface area contributed by atoms with Gasteiger partial charge >= 0.3 is 0 Å². The number of Topliss-reactive ketones (excluding diaryl/α,β-unsaturated/α-hetero) is 1. The first-order valence-corrected chi connectivity index (χ1v) is 7.26. The highest BCUT2D eigenvalue weighted by Gasteiger charge is 2.28. The first kappa shape index (κ1) is 14.6. The van der Waals surface area contributed by atoms with Crippen molar-refractivity contribution in [1.29, 1.82) is 0 Å². The summed E-state index contributed by atoms with van der Waals surface area (Å²) in [7, 11) is 0. The third kappa shape index (κ3) is 2.96. The van der Waals surface area contributed by atoms with Crippen LogP contribution in [0.15, 0.2) is 41.1 Å². The summed E-state index contributed by atoms with van der Waals surface area (Å²) in [5.41, 5.74) is 0. The Balaban J connectivity index is 1.60. The van der Waals surface area contributed by atoms with E-state index in [1.807, 2.05) is 6.07 Å². The lowest BCUT2D eigenvalue weighted by atomic mass is 10.2. The second-order valence-electron chi connectivity index (χ2n) is 4.92. The third-order valence-electron chi connectivity index (χ3n) is 3.54. The first-order valence-electron chi connectivity index (χ1n) is 6.89. The molecule has 0 bridgehead atoms. The van der Waals surface area contributed by atoms with Gasteiger partial charge in [-0.3, -0.25) is 9.59 Å². The molecule has 2 aromatic heterocycles. The van der Waals surface area contributed by atoms with Crippen LogP contribution in [0.3, 0.4) is 0 Å². The van der Waals surface area contributed by atoms with Crippen LogP contribution in [0, 0.1) is 0 Å². The molecular formula is C15H14ClN3O3. The number of aromatic nitrogens is 1. The maximum atomic E-state index is 12.1. The van der Waals surface area contributed by atoms with E-state index in [0.29, 0.717) is 31.2 Å². The summed E-state index contributed by atoms with van der Waals surface area (Å²) in [6, 6.07) is 6.70. The predicted octanol–water partition coefficient (Wildman–Crippen LogP) is 1.86. The topological polar surface area (TPSA) is 66.7 Å². The highest BCUT2D eigenvalue weighted by Crippen LogP contribution is 2.16. The number of nitrogens with zero attached hydrogens (tertiary/aromatic N) is 3. The zero-order chi connectivity index (χ0) is 15.5. The van der Waals surface area contributed by atoms with Gasteiger partial charge in [-0.05, 0) is 24.3 Å². The van der Waals surface area contributed by atoms with Crippen LogP contribution in [0.25, 0.3) is 0 Å². The van der Waals surface area contributed by atoms with Crippen LogP contribution in [0.5, 0.6) is 0 Å². The normalized spacial score (nSPS) is 15.0. The molecule has 0 unspecified atom stereocenters. The lowest BCUT2D eigenvalue weighted by Crippen LogP contribution is -2.50. The van der Waals surface area contributed by atoms with E-state index in [1.165, 1.54) is 17.2 Å². The van der Waals surface area contributed by atoms with E-state index in [-0.39, 0.29) is 5.76 Å². The molecular weight excluding hydrogens is 306 g/mol. The Morgan fingerprint density at radius 1 is 1.14 bits per heavy atom. The fourth-order valence-electron chi connectivity index (χ4n) is 2.35. The van der Waals surface area contributed by atoms with Gasteiger partial charge in [0.15, 0.2) is 5.76 Å². The van der Waals surface area contributed by atoms with Crippen LogP contribution < -0.4 is 4.90 Å². The van der Waals surface area contributed by atoms with Gasteiger partial charge in [-0.1, -0.05) is 11.6 Å². The molecule has 22 heavy (non-hydrogen) atoms. The molecule has 0 spiro atoms. The molecule has 1 saturated heterocycles. The molecule has 1 aliphatic heterocycles. The van der Waals surface area contributed by atoms with E-state index in [2.05, 4.69) is 9.88 Å². The third-order valence-corrected chi connectivity index (χ3v) is 3.77. The van der Waals surface area contributed by atoms with Crippen LogP contribution >= 0.6 is 11.6 Å². The maximum Gasteiger partial charge on any atom is 0.298 e. The van der Waals surface area contributed by atoms with Gasteiger partial charge < -0.3 is 14.2 Å². The lowest BCUT2D eigenvalue weighted by Gasteiger charge is -2.34. The monoisotopic (exact) mass is 319 g/mol. The number of piperazine rings is 1. The number of amides is 1. The number of pyridine rings is 1. The Labute approximate surface area is 132 Å². The minimum atomic E-state index is -0.608. The first-order chi connectivity index (χ1) is 10.6. The van der Waals surface area contributed by atoms with Gasteiger partial charge in [-0.15, -0.1) is 0 Å². The second-order valence-corrected chi connectivity index (χ2v) is 5.36. The number of halogens is 1. The highest BCUT2D eigenvalue weighted by atomic mass is 35.5. The van der Waals surface area contributed by atoms with E-state index in [1.54, 1.807) is 18.3 Å². The van der Waals surface area contributed by atoms with Crippen molar-refractivity contribution in [2.75, 3.05) is 31.1 Å². The smallest absolute Gasteiger partial charge is 0.298 e. The predicted molar refractivity (Wildman–Crippen MR) is 81.1 cm³/mol. The minimum Gasteiger partial charge on any atom is -0.461 e. The highest BCUT2D eigenvalue weighted by molar-refractivity contribution is 6.41. The quantitative estimate of drug-likeness (QED) is 0.638. The number of carbonyl (C=O) groups excluding carboxylic acids is 2. The summed E-state index contributed by atoms with van der Waals surface area (Å²) in [5, 5.41) is 0.585. The average Bonchev–Trinajstić information content (AvgIpc) is 3.09. The largest absolute Gasteiger partial charge is 0.461 e. The Bertz CT molecular complexity index is 662. The van der Waals surface area contributed by atoms with Crippen LogP contribution in [0.4, 0.5) is 5.82 Å². The summed E-state index contributed by atoms with van der Waals surface area (Å²) in [6.45, 7) is 2.17. The van der Waals surface area contributed by atoms with Crippen LogP contribution in [0.2, 0.25) is 5.02 Å². The fraction of sp³-hybridized carbons (Fsp3) is 0.267. The summed E-state index contributed by atoms with van der Waals surface area (Å²) in [5.74, 6) is -0.248. The lowest BCUT2D eigenvalue weighted by molar-refractivity contribution is -0.126. The Hall–Kier alpha value is -2.34. The minimum absolute atomic E-state index is 0.0757. The van der Waals surface area contributed by atoms with Crippen LogP contribution in [-0.2, 0) is 4.79 Å². The number of carbonyl (C=O) groups is 2. The molecule has 7 heteroatoms. The van der Waals surface area contributed by atoms with Crippen molar-refractivity contribution in [3.8, 4) is 0 Å². The number of rotatable bonds is 3. The molecule has 0 atom stereocenters. The number of furan rings is 1.